The van der Waals surface area contributed by atoms with Gasteiger partial charge < -0.3 is 0 Å². The van der Waals surface area contributed by atoms with Gasteiger partial charge in [0.05, 0.1) is 16.4 Å². The van der Waals surface area contributed by atoms with E-state index in [1.807, 2.05) is 0 Å². The third-order valence-corrected chi connectivity index (χ3v) is 4.49. The summed E-state index contributed by atoms with van der Waals surface area (Å²) in [5.74, 6) is 0. The molecule has 0 bridgehead atoms. The van der Waals surface area contributed by atoms with Crippen molar-refractivity contribution < 1.29 is 23.0 Å². The fourth-order valence-electron chi connectivity index (χ4n) is 2.80. The molecule has 3 aromatic carbocycles. The number of hydrogen-bond donors (Lipinski definition) is 0. The highest BCUT2D eigenvalue weighted by Crippen LogP contribution is 2.21. The Labute approximate surface area is 192 Å². The predicted molar refractivity (Wildman–Crippen MR) is 118 cm³/mol. The van der Waals surface area contributed by atoms with Crippen LogP contribution in [0.15, 0.2) is 78.9 Å². The zero-order valence-electron chi connectivity index (χ0n) is 17.1. The SMILES string of the molecule is O=[N+]([O-])c1ccc(CN(Cc2ccc(Cl)cc2)CC(F)(F)F)cc1.O=[N+]([O-])c1ccccc1. The largest absolute Gasteiger partial charge is 0.401 e. The molecule has 0 N–H and O–H groups in total. The van der Waals surface area contributed by atoms with Gasteiger partial charge in [-0.3, -0.25) is 25.1 Å². The van der Waals surface area contributed by atoms with Crippen molar-refractivity contribution in [1.82, 2.24) is 4.90 Å². The standard InChI is InChI=1S/C16H14ClF3N2O2.C6H5NO2/c17-14-5-1-12(2-6-14)9-21(11-16(18,19)20)10-13-3-7-15(8-4-13)22(23)24;8-7(9)6-4-2-1-3-5-6/h1-8H,9-11H2;1-5H. The highest BCUT2D eigenvalue weighted by atomic mass is 35.5. The van der Waals surface area contributed by atoms with Gasteiger partial charge in [0.15, 0.2) is 0 Å². The molecule has 0 aliphatic rings. The number of non-ortho nitro benzene ring substituents is 2. The maximum Gasteiger partial charge on any atom is 0.401 e. The normalized spacial score (nSPS) is 10.9. The summed E-state index contributed by atoms with van der Waals surface area (Å²) < 4.78 is 38.4. The van der Waals surface area contributed by atoms with Gasteiger partial charge in [-0.15, -0.1) is 0 Å². The van der Waals surface area contributed by atoms with Crippen molar-refractivity contribution in [3.05, 3.63) is 115 Å². The number of nitrogens with zero attached hydrogens (tertiary/aromatic N) is 3. The first-order chi connectivity index (χ1) is 15.5. The molecular weight excluding hydrogens is 463 g/mol. The van der Waals surface area contributed by atoms with Crippen LogP contribution in [0.5, 0.6) is 0 Å². The Morgan fingerprint density at radius 3 is 1.55 bits per heavy atom. The molecular formula is C22H19ClF3N3O4. The Bertz CT molecular complexity index is 1050. The molecule has 0 saturated carbocycles. The van der Waals surface area contributed by atoms with Crippen molar-refractivity contribution in [2.24, 2.45) is 0 Å². The van der Waals surface area contributed by atoms with Crippen molar-refractivity contribution in [1.29, 1.82) is 0 Å². The van der Waals surface area contributed by atoms with E-state index in [0.717, 1.165) is 0 Å². The number of benzene rings is 3. The van der Waals surface area contributed by atoms with Gasteiger partial charge in [0.2, 0.25) is 0 Å². The van der Waals surface area contributed by atoms with Crippen molar-refractivity contribution in [3.8, 4) is 0 Å². The summed E-state index contributed by atoms with van der Waals surface area (Å²) in [6.07, 6.45) is -4.34. The maximum atomic E-state index is 12.8. The average molecular weight is 482 g/mol. The van der Waals surface area contributed by atoms with E-state index in [1.165, 1.54) is 41.3 Å². The number of hydrogen-bond acceptors (Lipinski definition) is 5. The summed E-state index contributed by atoms with van der Waals surface area (Å²) in [6, 6.07) is 20.0. The van der Waals surface area contributed by atoms with Crippen LogP contribution < -0.4 is 0 Å². The van der Waals surface area contributed by atoms with E-state index in [1.54, 1.807) is 42.5 Å². The molecule has 0 atom stereocenters. The third kappa shape index (κ3) is 9.67. The molecule has 0 fully saturated rings. The Balaban J connectivity index is 0.000000357. The smallest absolute Gasteiger partial charge is 0.286 e. The lowest BCUT2D eigenvalue weighted by Crippen LogP contribution is -2.33. The van der Waals surface area contributed by atoms with Crippen molar-refractivity contribution in [3.63, 3.8) is 0 Å². The summed E-state index contributed by atoms with van der Waals surface area (Å²) in [6.45, 7) is -0.958. The Morgan fingerprint density at radius 1 is 0.727 bits per heavy atom. The molecule has 0 unspecified atom stereocenters. The van der Waals surface area contributed by atoms with E-state index in [4.69, 9.17) is 11.6 Å². The minimum Gasteiger partial charge on any atom is -0.286 e. The maximum absolute atomic E-state index is 12.8. The molecule has 3 aromatic rings. The van der Waals surface area contributed by atoms with Gasteiger partial charge in [-0.25, -0.2) is 0 Å². The second kappa shape index (κ2) is 11.9. The molecule has 0 amide bonds. The van der Waals surface area contributed by atoms with Crippen LogP contribution in [0.25, 0.3) is 0 Å². The van der Waals surface area contributed by atoms with Crippen molar-refractivity contribution in [2.75, 3.05) is 6.54 Å². The van der Waals surface area contributed by atoms with Crippen LogP contribution in [0.3, 0.4) is 0 Å². The highest BCUT2D eigenvalue weighted by Gasteiger charge is 2.30. The van der Waals surface area contributed by atoms with Crippen LogP contribution in [0.2, 0.25) is 5.02 Å². The molecule has 0 aliphatic heterocycles. The van der Waals surface area contributed by atoms with Crippen LogP contribution in [0, 0.1) is 20.2 Å². The lowest BCUT2D eigenvalue weighted by atomic mass is 10.1. The summed E-state index contributed by atoms with van der Waals surface area (Å²) in [5, 5.41) is 21.1. The fraction of sp³-hybridized carbons (Fsp3) is 0.182. The van der Waals surface area contributed by atoms with Crippen LogP contribution in [-0.2, 0) is 13.1 Å². The Kier molecular flexibility index (Phi) is 9.31. The first-order valence-electron chi connectivity index (χ1n) is 9.50. The van der Waals surface area contributed by atoms with Crippen LogP contribution in [-0.4, -0.2) is 27.5 Å². The molecule has 3 rings (SSSR count). The second-order valence-corrected chi connectivity index (χ2v) is 7.34. The second-order valence-electron chi connectivity index (χ2n) is 6.90. The van der Waals surface area contributed by atoms with E-state index < -0.39 is 22.6 Å². The van der Waals surface area contributed by atoms with Crippen LogP contribution in [0.1, 0.15) is 11.1 Å². The van der Waals surface area contributed by atoms with Crippen LogP contribution >= 0.6 is 11.6 Å². The number of alkyl halides is 3. The molecule has 7 nitrogen and oxygen atoms in total. The van der Waals surface area contributed by atoms with E-state index in [-0.39, 0.29) is 24.5 Å². The number of halogens is 4. The monoisotopic (exact) mass is 481 g/mol. The van der Waals surface area contributed by atoms with E-state index in [9.17, 15) is 33.4 Å². The van der Waals surface area contributed by atoms with Crippen LogP contribution in [0.4, 0.5) is 24.5 Å². The molecule has 0 aliphatic carbocycles. The predicted octanol–water partition coefficient (Wildman–Crippen LogP) is 6.41. The zero-order valence-corrected chi connectivity index (χ0v) is 17.9. The highest BCUT2D eigenvalue weighted by molar-refractivity contribution is 6.30. The first kappa shape index (κ1) is 25.8. The first-order valence-corrected chi connectivity index (χ1v) is 9.87. The van der Waals surface area contributed by atoms with E-state index >= 15 is 0 Å². The molecule has 0 radical (unpaired) electrons. The zero-order chi connectivity index (χ0) is 24.4. The molecule has 0 saturated heterocycles. The van der Waals surface area contributed by atoms with Crippen molar-refractivity contribution in [2.45, 2.75) is 19.3 Å². The lowest BCUT2D eigenvalue weighted by Gasteiger charge is -2.24. The molecule has 0 heterocycles. The van der Waals surface area contributed by atoms with Gasteiger partial charge in [-0.05, 0) is 23.3 Å². The Morgan fingerprint density at radius 2 is 1.15 bits per heavy atom. The van der Waals surface area contributed by atoms with Gasteiger partial charge in [0.1, 0.15) is 0 Å². The molecule has 11 heteroatoms. The van der Waals surface area contributed by atoms with Gasteiger partial charge in [-0.2, -0.15) is 13.2 Å². The van der Waals surface area contributed by atoms with Gasteiger partial charge >= 0.3 is 6.18 Å². The minimum atomic E-state index is -4.34. The molecule has 33 heavy (non-hydrogen) atoms. The summed E-state index contributed by atoms with van der Waals surface area (Å²) in [5.41, 5.74) is 1.31. The van der Waals surface area contributed by atoms with Gasteiger partial charge in [0, 0.05) is 42.4 Å². The fourth-order valence-corrected chi connectivity index (χ4v) is 2.93. The summed E-state index contributed by atoms with van der Waals surface area (Å²) in [7, 11) is 0. The topological polar surface area (TPSA) is 89.5 Å². The number of rotatable bonds is 7. The quantitative estimate of drug-likeness (QED) is 0.287. The number of para-hydroxylation sites is 1. The van der Waals surface area contributed by atoms with E-state index in [2.05, 4.69) is 0 Å². The number of nitro groups is 2. The minimum absolute atomic E-state index is 0.0279. The van der Waals surface area contributed by atoms with Crippen molar-refractivity contribution >= 4 is 23.0 Å². The average Bonchev–Trinajstić information content (AvgIpc) is 2.75. The molecule has 174 valence electrons. The summed E-state index contributed by atoms with van der Waals surface area (Å²) >= 11 is 5.78. The number of nitro benzene ring substituents is 2. The summed E-state index contributed by atoms with van der Waals surface area (Å²) in [4.78, 5) is 20.9. The lowest BCUT2D eigenvalue weighted by molar-refractivity contribution is -0.385. The Hall–Kier alpha value is -3.50. The van der Waals surface area contributed by atoms with Gasteiger partial charge in [0.25, 0.3) is 11.4 Å². The third-order valence-electron chi connectivity index (χ3n) is 4.24. The molecule has 0 aromatic heterocycles. The molecule has 0 spiro atoms. The van der Waals surface area contributed by atoms with Gasteiger partial charge in [-0.1, -0.05) is 54.1 Å². The van der Waals surface area contributed by atoms with E-state index in [0.29, 0.717) is 16.1 Å².